The zero-order valence-corrected chi connectivity index (χ0v) is 22.6. The zero-order valence-electron chi connectivity index (χ0n) is 21.8. The van der Waals surface area contributed by atoms with E-state index >= 15 is 0 Å². The van der Waals surface area contributed by atoms with Gasteiger partial charge in [-0.1, -0.05) is 103 Å². The largest absolute Gasteiger partial charge is 0.451 e. The fourth-order valence-corrected chi connectivity index (χ4v) is 6.65. The van der Waals surface area contributed by atoms with E-state index in [1.54, 1.807) is 24.3 Å². The van der Waals surface area contributed by atoms with Gasteiger partial charge < -0.3 is 9.64 Å². The van der Waals surface area contributed by atoms with Crippen molar-refractivity contribution in [1.82, 2.24) is 4.90 Å². The molecule has 4 aromatic rings. The van der Waals surface area contributed by atoms with Crippen LogP contribution in [-0.4, -0.2) is 28.7 Å². The Morgan fingerprint density at radius 1 is 0.756 bits per heavy atom. The summed E-state index contributed by atoms with van der Waals surface area (Å²) in [5.41, 5.74) is 3.87. The minimum Gasteiger partial charge on any atom is -0.451 e. The van der Waals surface area contributed by atoms with Crippen LogP contribution in [0.1, 0.15) is 34.4 Å². The van der Waals surface area contributed by atoms with Crippen LogP contribution in [0.4, 0.5) is 5.69 Å². The highest BCUT2D eigenvalue weighted by Crippen LogP contribution is 2.53. The molecule has 4 atom stereocenters. The molecule has 0 radical (unpaired) electrons. The number of carbonyl (C=O) groups is 3. The van der Waals surface area contributed by atoms with Gasteiger partial charge in [-0.2, -0.15) is 0 Å². The summed E-state index contributed by atoms with van der Waals surface area (Å²) >= 11 is 6.23. The molecule has 0 spiro atoms. The molecule has 2 saturated heterocycles. The monoisotopic (exact) mass is 560 g/mol. The molecular weight excluding hydrogens is 536 g/mol. The molecule has 2 amide bonds. The van der Waals surface area contributed by atoms with E-state index in [2.05, 4.69) is 0 Å². The third-order valence-electron chi connectivity index (χ3n) is 8.21. The molecule has 6 nitrogen and oxygen atoms in total. The number of imide groups is 1. The first-order valence-corrected chi connectivity index (χ1v) is 13.9. The summed E-state index contributed by atoms with van der Waals surface area (Å²) < 4.78 is 6.28. The van der Waals surface area contributed by atoms with Gasteiger partial charge in [0.2, 0.25) is 11.8 Å². The second-order valence-corrected chi connectivity index (χ2v) is 10.9. The van der Waals surface area contributed by atoms with E-state index in [0.717, 1.165) is 22.3 Å². The highest BCUT2D eigenvalue weighted by molar-refractivity contribution is 6.31. The lowest BCUT2D eigenvalue weighted by Crippen LogP contribution is -2.45. The Balaban J connectivity index is 1.32. The van der Waals surface area contributed by atoms with Gasteiger partial charge in [0, 0.05) is 11.2 Å². The van der Waals surface area contributed by atoms with Gasteiger partial charge >= 0.3 is 5.97 Å². The quantitative estimate of drug-likeness (QED) is 0.215. The van der Waals surface area contributed by atoms with E-state index in [1.165, 1.54) is 4.90 Å². The van der Waals surface area contributed by atoms with Gasteiger partial charge in [-0.15, -0.1) is 0 Å². The first-order chi connectivity index (χ1) is 20.0. The molecule has 3 heterocycles. The third-order valence-corrected chi connectivity index (χ3v) is 8.44. The second kappa shape index (κ2) is 10.1. The van der Waals surface area contributed by atoms with Crippen LogP contribution in [0.25, 0.3) is 6.08 Å². The molecule has 0 unspecified atom stereocenters. The van der Waals surface area contributed by atoms with Crippen LogP contribution >= 0.6 is 11.6 Å². The SMILES string of the molecule is O=C(OC(c1ccccc1)c1ccccc1)[C@@H]1[C@@H]2C(=O)N(c3cccc(Cl)c3)C(=O)[C@H]2[C@H]2c3ccccc3C=CN12. The lowest BCUT2D eigenvalue weighted by atomic mass is 9.84. The van der Waals surface area contributed by atoms with Gasteiger partial charge in [-0.05, 0) is 46.5 Å². The van der Waals surface area contributed by atoms with Gasteiger partial charge in [0.1, 0.15) is 6.04 Å². The molecule has 0 aliphatic carbocycles. The number of anilines is 1. The average molecular weight is 561 g/mol. The van der Waals surface area contributed by atoms with Crippen LogP contribution in [0.15, 0.2) is 115 Å². The number of hydrogen-bond acceptors (Lipinski definition) is 5. The lowest BCUT2D eigenvalue weighted by Gasteiger charge is -2.35. The van der Waals surface area contributed by atoms with Crippen molar-refractivity contribution in [3.63, 3.8) is 0 Å². The van der Waals surface area contributed by atoms with Crippen molar-refractivity contribution in [2.24, 2.45) is 11.8 Å². The molecule has 3 aliphatic rings. The fourth-order valence-electron chi connectivity index (χ4n) is 6.47. The van der Waals surface area contributed by atoms with E-state index in [9.17, 15) is 14.4 Å². The first kappa shape index (κ1) is 25.3. The van der Waals surface area contributed by atoms with E-state index in [4.69, 9.17) is 16.3 Å². The van der Waals surface area contributed by atoms with Crippen LogP contribution in [0.2, 0.25) is 5.02 Å². The maximum Gasteiger partial charge on any atom is 0.330 e. The van der Waals surface area contributed by atoms with Gasteiger partial charge in [0.05, 0.1) is 23.6 Å². The van der Waals surface area contributed by atoms with E-state index in [1.807, 2.05) is 102 Å². The van der Waals surface area contributed by atoms with Crippen molar-refractivity contribution in [3.05, 3.63) is 143 Å². The predicted octanol–water partition coefficient (Wildman–Crippen LogP) is 6.19. The maximum atomic E-state index is 14.3. The maximum absolute atomic E-state index is 14.3. The molecule has 3 aliphatic heterocycles. The van der Waals surface area contributed by atoms with E-state index in [0.29, 0.717) is 10.7 Å². The summed E-state index contributed by atoms with van der Waals surface area (Å²) in [7, 11) is 0. The van der Waals surface area contributed by atoms with Gasteiger partial charge in [0.25, 0.3) is 0 Å². The summed E-state index contributed by atoms with van der Waals surface area (Å²) in [5.74, 6) is -3.03. The Bertz CT molecular complexity index is 1650. The molecular formula is C34H25ClN2O4. The molecule has 7 rings (SSSR count). The number of rotatable bonds is 5. The van der Waals surface area contributed by atoms with Crippen LogP contribution in [0.5, 0.6) is 0 Å². The molecule has 2 fully saturated rings. The fraction of sp³-hybridized carbons (Fsp3) is 0.147. The third kappa shape index (κ3) is 4.14. The minimum absolute atomic E-state index is 0.347. The number of esters is 1. The topological polar surface area (TPSA) is 66.9 Å². The van der Waals surface area contributed by atoms with Crippen LogP contribution in [-0.2, 0) is 19.1 Å². The smallest absolute Gasteiger partial charge is 0.330 e. The van der Waals surface area contributed by atoms with Gasteiger partial charge in [-0.25, -0.2) is 9.69 Å². The number of amides is 2. The van der Waals surface area contributed by atoms with Crippen molar-refractivity contribution in [2.75, 3.05) is 4.90 Å². The van der Waals surface area contributed by atoms with Gasteiger partial charge in [0.15, 0.2) is 6.10 Å². The molecule has 41 heavy (non-hydrogen) atoms. The number of nitrogens with zero attached hydrogens (tertiary/aromatic N) is 2. The minimum atomic E-state index is -0.995. The molecule has 7 heteroatoms. The summed E-state index contributed by atoms with van der Waals surface area (Å²) in [6.45, 7) is 0. The number of benzene rings is 4. The van der Waals surface area contributed by atoms with Crippen LogP contribution < -0.4 is 4.90 Å². The zero-order chi connectivity index (χ0) is 28.1. The van der Waals surface area contributed by atoms with Crippen LogP contribution in [0.3, 0.4) is 0 Å². The second-order valence-electron chi connectivity index (χ2n) is 10.5. The average Bonchev–Trinajstić information content (AvgIpc) is 3.48. The summed E-state index contributed by atoms with van der Waals surface area (Å²) in [5, 5.41) is 0.414. The molecule has 0 aromatic heterocycles. The van der Waals surface area contributed by atoms with Crippen LogP contribution in [0, 0.1) is 11.8 Å². The molecule has 202 valence electrons. The first-order valence-electron chi connectivity index (χ1n) is 13.5. The lowest BCUT2D eigenvalue weighted by molar-refractivity contribution is -0.155. The standard InChI is InChI=1S/C34H25ClN2O4/c35-24-15-9-16-25(20-24)37-32(38)27-28(33(37)39)30(36-19-18-21-10-7-8-17-26(21)29(27)36)34(40)41-31(22-11-3-1-4-12-22)23-13-5-2-6-14-23/h1-20,27-31H/t27-,28-,29-,30+/m1/s1. The predicted molar refractivity (Wildman–Crippen MR) is 156 cm³/mol. The Hall–Kier alpha value is -4.68. The molecule has 0 saturated carbocycles. The van der Waals surface area contributed by atoms with E-state index in [-0.39, 0.29) is 5.91 Å². The number of ether oxygens (including phenoxy) is 1. The highest BCUT2D eigenvalue weighted by atomic mass is 35.5. The Morgan fingerprint density at radius 3 is 2.07 bits per heavy atom. The molecule has 0 bridgehead atoms. The molecule has 0 N–H and O–H groups in total. The van der Waals surface area contributed by atoms with Crippen molar-refractivity contribution >= 4 is 41.1 Å². The number of hydrogen-bond donors (Lipinski definition) is 0. The molecule has 4 aromatic carbocycles. The number of fused-ring (bicyclic) bond motifs is 5. The normalized spacial score (nSPS) is 22.5. The van der Waals surface area contributed by atoms with E-state index < -0.39 is 41.9 Å². The van der Waals surface area contributed by atoms with Crippen molar-refractivity contribution in [1.29, 1.82) is 0 Å². The Labute approximate surface area is 242 Å². The van der Waals surface area contributed by atoms with Crippen molar-refractivity contribution in [2.45, 2.75) is 18.2 Å². The van der Waals surface area contributed by atoms with Gasteiger partial charge in [-0.3, -0.25) is 9.59 Å². The summed E-state index contributed by atoms with van der Waals surface area (Å²) in [4.78, 5) is 45.5. The number of halogens is 1. The van der Waals surface area contributed by atoms with Crippen molar-refractivity contribution in [3.8, 4) is 0 Å². The highest BCUT2D eigenvalue weighted by Gasteiger charge is 2.65. The Kier molecular flexibility index (Phi) is 6.20. The number of carbonyl (C=O) groups excluding carboxylic acids is 3. The van der Waals surface area contributed by atoms with Crippen molar-refractivity contribution < 1.29 is 19.1 Å². The summed E-state index contributed by atoms with van der Waals surface area (Å²) in [6, 6.07) is 32.0. The summed E-state index contributed by atoms with van der Waals surface area (Å²) in [6.07, 6.45) is 3.06. The Morgan fingerprint density at radius 2 is 1.39 bits per heavy atom.